The van der Waals surface area contributed by atoms with Crippen molar-refractivity contribution in [2.45, 2.75) is 58.5 Å². The van der Waals surface area contributed by atoms with Crippen LogP contribution in [0.1, 0.15) is 74.7 Å². The molecule has 0 bridgehead atoms. The lowest BCUT2D eigenvalue weighted by Crippen LogP contribution is -2.18. The number of carbonyl (C=O) groups is 2. The van der Waals surface area contributed by atoms with Gasteiger partial charge >= 0.3 is 5.97 Å². The molecule has 1 atom stereocenters. The number of fused-ring (bicyclic) bond motifs is 1. The van der Waals surface area contributed by atoms with E-state index in [1.165, 1.54) is 26.7 Å². The van der Waals surface area contributed by atoms with Gasteiger partial charge < -0.3 is 10.1 Å². The van der Waals surface area contributed by atoms with Gasteiger partial charge in [-0.15, -0.1) is 22.7 Å². The van der Waals surface area contributed by atoms with Crippen molar-refractivity contribution < 1.29 is 14.3 Å². The quantitative estimate of drug-likeness (QED) is 0.436. The fourth-order valence-corrected chi connectivity index (χ4v) is 6.16. The van der Waals surface area contributed by atoms with Crippen molar-refractivity contribution in [1.29, 1.82) is 0 Å². The number of amides is 1. The van der Waals surface area contributed by atoms with Crippen LogP contribution >= 0.6 is 22.7 Å². The summed E-state index contributed by atoms with van der Waals surface area (Å²) < 4.78 is 5.54. The molecule has 1 N–H and O–H groups in total. The number of esters is 1. The minimum absolute atomic E-state index is 0.173. The molecule has 1 amide bonds. The minimum atomic E-state index is -0.347. The van der Waals surface area contributed by atoms with Gasteiger partial charge in [0.25, 0.3) is 5.91 Å². The number of hydrogen-bond donors (Lipinski definition) is 1. The summed E-state index contributed by atoms with van der Waals surface area (Å²) in [5.41, 5.74) is 3.54. The number of thiophene rings is 2. The number of rotatable bonds is 6. The van der Waals surface area contributed by atoms with Crippen LogP contribution in [-0.2, 0) is 24.0 Å². The minimum Gasteiger partial charge on any atom is -0.459 e. The first-order chi connectivity index (χ1) is 15.0. The van der Waals surface area contributed by atoms with Gasteiger partial charge in [0.2, 0.25) is 0 Å². The van der Waals surface area contributed by atoms with Crippen LogP contribution in [0.25, 0.3) is 0 Å². The maximum absolute atomic E-state index is 13.0. The van der Waals surface area contributed by atoms with Crippen LogP contribution in [0.3, 0.4) is 0 Å². The molecule has 0 saturated heterocycles. The first kappa shape index (κ1) is 21.8. The van der Waals surface area contributed by atoms with Crippen molar-refractivity contribution in [2.75, 3.05) is 5.32 Å². The molecule has 6 heteroatoms. The number of anilines is 1. The largest absolute Gasteiger partial charge is 0.459 e. The van der Waals surface area contributed by atoms with Crippen molar-refractivity contribution in [2.24, 2.45) is 0 Å². The molecule has 31 heavy (non-hydrogen) atoms. The van der Waals surface area contributed by atoms with Crippen LogP contribution in [0.2, 0.25) is 0 Å². The monoisotopic (exact) mass is 453 g/mol. The summed E-state index contributed by atoms with van der Waals surface area (Å²) in [7, 11) is 0. The molecule has 4 rings (SSSR count). The van der Waals surface area contributed by atoms with E-state index in [9.17, 15) is 9.59 Å². The Labute approximate surface area is 191 Å². The van der Waals surface area contributed by atoms with E-state index in [4.69, 9.17) is 4.74 Å². The van der Waals surface area contributed by atoms with Crippen molar-refractivity contribution in [3.8, 4) is 0 Å². The maximum atomic E-state index is 13.0. The Morgan fingerprint density at radius 3 is 2.68 bits per heavy atom. The lowest BCUT2D eigenvalue weighted by Gasteiger charge is -2.23. The molecule has 0 aliphatic heterocycles. The van der Waals surface area contributed by atoms with Crippen LogP contribution in [-0.4, -0.2) is 18.0 Å². The zero-order valence-corrected chi connectivity index (χ0v) is 19.7. The fraction of sp³-hybridized carbons (Fsp3) is 0.360. The molecule has 3 aromatic rings. The van der Waals surface area contributed by atoms with E-state index in [2.05, 4.69) is 36.5 Å². The van der Waals surface area contributed by atoms with Crippen LogP contribution in [0.5, 0.6) is 0 Å². The Hall–Kier alpha value is -2.44. The molecule has 0 spiro atoms. The highest BCUT2D eigenvalue weighted by atomic mass is 32.1. The third-order valence-corrected chi connectivity index (χ3v) is 7.83. The SMILES string of the molecule is CCc1cc(C(=O)Nc2sc3c(c2C(=O)OC(C)C)CCC(c2ccccc2)C3)cs1. The predicted molar refractivity (Wildman–Crippen MR) is 128 cm³/mol. The van der Waals surface area contributed by atoms with E-state index in [0.717, 1.165) is 31.2 Å². The molecule has 2 aromatic heterocycles. The van der Waals surface area contributed by atoms with Gasteiger partial charge in [0.1, 0.15) is 5.00 Å². The molecular formula is C25H27NO3S2. The Kier molecular flexibility index (Phi) is 6.58. The van der Waals surface area contributed by atoms with Crippen LogP contribution < -0.4 is 5.32 Å². The second-order valence-electron chi connectivity index (χ2n) is 8.12. The van der Waals surface area contributed by atoms with Gasteiger partial charge in [0.05, 0.1) is 17.2 Å². The van der Waals surface area contributed by atoms with E-state index in [-0.39, 0.29) is 18.0 Å². The standard InChI is InChI=1S/C25H27NO3S2/c1-4-19-12-18(14-30-19)23(27)26-24-22(25(28)29-15(2)3)20-11-10-17(13-21(20)31-24)16-8-6-5-7-9-16/h5-9,12,14-15,17H,4,10-11,13H2,1-3H3,(H,26,27). The fourth-order valence-electron chi connectivity index (χ4n) is 4.03. The summed E-state index contributed by atoms with van der Waals surface area (Å²) in [5, 5.41) is 5.50. The van der Waals surface area contributed by atoms with Crippen LogP contribution in [0.15, 0.2) is 41.8 Å². The Balaban J connectivity index is 1.65. The van der Waals surface area contributed by atoms with Gasteiger partial charge in [0, 0.05) is 15.1 Å². The summed E-state index contributed by atoms with van der Waals surface area (Å²) in [6.45, 7) is 5.76. The molecule has 4 nitrogen and oxygen atoms in total. The summed E-state index contributed by atoms with van der Waals surface area (Å²) in [5.74, 6) is -0.0952. The Morgan fingerprint density at radius 1 is 1.23 bits per heavy atom. The summed E-state index contributed by atoms with van der Waals surface area (Å²) in [6, 6.07) is 12.4. The first-order valence-electron chi connectivity index (χ1n) is 10.8. The molecule has 2 heterocycles. The maximum Gasteiger partial charge on any atom is 0.341 e. The molecular weight excluding hydrogens is 426 g/mol. The molecule has 0 fully saturated rings. The third kappa shape index (κ3) is 4.75. The predicted octanol–water partition coefficient (Wildman–Crippen LogP) is 6.46. The van der Waals surface area contributed by atoms with Gasteiger partial charge in [0.15, 0.2) is 0 Å². The van der Waals surface area contributed by atoms with Crippen molar-refractivity contribution in [1.82, 2.24) is 0 Å². The van der Waals surface area contributed by atoms with Gasteiger partial charge in [-0.2, -0.15) is 0 Å². The molecule has 1 aliphatic carbocycles. The smallest absolute Gasteiger partial charge is 0.341 e. The van der Waals surface area contributed by atoms with E-state index in [1.54, 1.807) is 11.3 Å². The lowest BCUT2D eigenvalue weighted by molar-refractivity contribution is 0.0378. The Morgan fingerprint density at radius 2 is 2.00 bits per heavy atom. The highest BCUT2D eigenvalue weighted by Crippen LogP contribution is 2.43. The number of nitrogens with one attached hydrogen (secondary N) is 1. The van der Waals surface area contributed by atoms with Gasteiger partial charge in [-0.25, -0.2) is 4.79 Å². The van der Waals surface area contributed by atoms with E-state index in [0.29, 0.717) is 22.0 Å². The first-order valence-corrected chi connectivity index (χ1v) is 12.4. The third-order valence-electron chi connectivity index (χ3n) is 5.57. The normalized spacial score (nSPS) is 15.5. The van der Waals surface area contributed by atoms with Crippen LogP contribution in [0, 0.1) is 0 Å². The number of benzene rings is 1. The van der Waals surface area contributed by atoms with Gasteiger partial charge in [-0.3, -0.25) is 4.79 Å². The molecule has 162 valence electrons. The van der Waals surface area contributed by atoms with E-state index in [1.807, 2.05) is 31.4 Å². The zero-order chi connectivity index (χ0) is 22.0. The second-order valence-corrected chi connectivity index (χ2v) is 10.2. The number of ether oxygens (including phenoxy) is 1. The average Bonchev–Trinajstić information content (AvgIpc) is 3.37. The Bertz CT molecular complexity index is 1080. The van der Waals surface area contributed by atoms with Gasteiger partial charge in [-0.05, 0) is 62.6 Å². The van der Waals surface area contributed by atoms with E-state index >= 15 is 0 Å². The van der Waals surface area contributed by atoms with Gasteiger partial charge in [-0.1, -0.05) is 37.3 Å². The lowest BCUT2D eigenvalue weighted by atomic mass is 9.83. The summed E-state index contributed by atoms with van der Waals surface area (Å²) in [6.07, 6.45) is 3.35. The topological polar surface area (TPSA) is 55.4 Å². The van der Waals surface area contributed by atoms with Crippen molar-refractivity contribution in [3.05, 3.63) is 73.8 Å². The molecule has 1 aliphatic rings. The summed E-state index contributed by atoms with van der Waals surface area (Å²) in [4.78, 5) is 28.2. The number of carbonyl (C=O) groups excluding carboxylic acids is 2. The van der Waals surface area contributed by atoms with Crippen molar-refractivity contribution >= 4 is 39.6 Å². The molecule has 1 aromatic carbocycles. The number of hydrogen-bond acceptors (Lipinski definition) is 5. The zero-order valence-electron chi connectivity index (χ0n) is 18.1. The molecule has 1 unspecified atom stereocenters. The highest BCUT2D eigenvalue weighted by Gasteiger charge is 2.31. The second kappa shape index (κ2) is 9.37. The molecule has 0 radical (unpaired) electrons. The number of aryl methyl sites for hydroxylation is 1. The van der Waals surface area contributed by atoms with Crippen LogP contribution in [0.4, 0.5) is 5.00 Å². The molecule has 0 saturated carbocycles. The summed E-state index contributed by atoms with van der Waals surface area (Å²) >= 11 is 3.11. The average molecular weight is 454 g/mol. The van der Waals surface area contributed by atoms with Crippen molar-refractivity contribution in [3.63, 3.8) is 0 Å². The van der Waals surface area contributed by atoms with E-state index < -0.39 is 0 Å². The highest BCUT2D eigenvalue weighted by molar-refractivity contribution is 7.17.